The normalized spacial score (nSPS) is 24.2. The van der Waals surface area contributed by atoms with Crippen LogP contribution in [0.1, 0.15) is 93.2 Å². The Morgan fingerprint density at radius 2 is 1.71 bits per heavy atom. The number of nitrogens with one attached hydrogen (secondary N) is 1. The second-order valence-corrected chi connectivity index (χ2v) is 18.4. The van der Waals surface area contributed by atoms with Crippen molar-refractivity contribution in [2.45, 2.75) is 108 Å². The molecule has 4 aliphatic rings. The number of allylic oxidation sites excluding steroid dienone is 1. The molecule has 2 fully saturated rings. The first-order valence-corrected chi connectivity index (χ1v) is 24.7. The summed E-state index contributed by atoms with van der Waals surface area (Å²) in [6.07, 6.45) is 11.5. The van der Waals surface area contributed by atoms with Crippen LogP contribution >= 0.6 is 0 Å². The molecule has 2 heterocycles. The molecule has 69 heavy (non-hydrogen) atoms. The third-order valence-electron chi connectivity index (χ3n) is 13.9. The molecule has 8 rings (SSSR count). The molecule has 2 aliphatic carbocycles. The molecule has 7 unspecified atom stereocenters. The quantitative estimate of drug-likeness (QED) is 0.0394. The summed E-state index contributed by atoms with van der Waals surface area (Å²) in [6.45, 7) is 9.29. The maximum atomic E-state index is 15.0. The average Bonchev–Trinajstić information content (AvgIpc) is 3.38. The van der Waals surface area contributed by atoms with Gasteiger partial charge in [0.2, 0.25) is 12.1 Å². The lowest BCUT2D eigenvalue weighted by Gasteiger charge is -2.60. The fraction of sp³-hybridized carbons (Fsp3) is 0.446. The summed E-state index contributed by atoms with van der Waals surface area (Å²) in [7, 11) is 0. The Morgan fingerprint density at radius 1 is 0.913 bits per heavy atom. The lowest BCUT2D eigenvalue weighted by molar-refractivity contribution is -0.256. The number of ether oxygens (including phenoxy) is 5. The van der Waals surface area contributed by atoms with E-state index in [9.17, 15) is 15.0 Å². The van der Waals surface area contributed by atoms with Crippen LogP contribution in [-0.2, 0) is 32.1 Å². The largest absolute Gasteiger partial charge is 0.459 e. The van der Waals surface area contributed by atoms with Gasteiger partial charge in [-0.25, -0.2) is 9.59 Å². The molecule has 2 amide bonds. The first-order valence-electron chi connectivity index (χ1n) is 24.7. The SMILES string of the molecule is C=CCCOC(=O)N(Cc1cccc2ccccc12)C1CC(=NOC2CCCCO2)C2=CC(CCCCO)C(CCCCO)C3c4cc(OC(=O)NCc5ccccc5)ccc4OC1(OCC=C)C23. The molecule has 2 aliphatic heterocycles. The van der Waals surface area contributed by atoms with Gasteiger partial charge in [0.1, 0.15) is 17.5 Å². The number of amides is 2. The zero-order valence-electron chi connectivity index (χ0n) is 39.6. The monoisotopic (exact) mass is 941 g/mol. The number of aliphatic hydroxyl groups excluding tert-OH is 2. The molecule has 13 heteroatoms. The second-order valence-electron chi connectivity index (χ2n) is 18.4. The van der Waals surface area contributed by atoms with Gasteiger partial charge < -0.3 is 44.1 Å². The van der Waals surface area contributed by atoms with Gasteiger partial charge in [0.05, 0.1) is 38.0 Å². The van der Waals surface area contributed by atoms with E-state index in [1.807, 2.05) is 66.7 Å². The van der Waals surface area contributed by atoms with Crippen molar-refractivity contribution in [2.75, 3.05) is 33.0 Å². The van der Waals surface area contributed by atoms with E-state index in [0.717, 1.165) is 71.6 Å². The van der Waals surface area contributed by atoms with Gasteiger partial charge in [-0.2, -0.15) is 0 Å². The molecule has 0 radical (unpaired) electrons. The van der Waals surface area contributed by atoms with Crippen molar-refractivity contribution >= 4 is 28.7 Å². The minimum absolute atomic E-state index is 0.00312. The maximum absolute atomic E-state index is 15.0. The Balaban J connectivity index is 1.31. The molecular weight excluding hydrogens is 875 g/mol. The molecule has 0 bridgehead atoms. The number of hydrogen-bond acceptors (Lipinski definition) is 11. The molecule has 0 aromatic heterocycles. The van der Waals surface area contributed by atoms with Crippen molar-refractivity contribution in [1.82, 2.24) is 10.2 Å². The highest BCUT2D eigenvalue weighted by Crippen LogP contribution is 2.62. The Hall–Kier alpha value is -5.99. The van der Waals surface area contributed by atoms with E-state index in [-0.39, 0.29) is 57.1 Å². The van der Waals surface area contributed by atoms with Crippen LogP contribution in [0.4, 0.5) is 9.59 Å². The molecule has 4 aromatic carbocycles. The van der Waals surface area contributed by atoms with E-state index >= 15 is 4.79 Å². The van der Waals surface area contributed by atoms with Gasteiger partial charge in [-0.3, -0.25) is 4.90 Å². The maximum Gasteiger partial charge on any atom is 0.412 e. The first kappa shape index (κ1) is 49.4. The van der Waals surface area contributed by atoms with Gasteiger partial charge >= 0.3 is 12.2 Å². The lowest BCUT2D eigenvalue weighted by atomic mass is 9.55. The van der Waals surface area contributed by atoms with Gasteiger partial charge in [-0.05, 0) is 102 Å². The third-order valence-corrected chi connectivity index (χ3v) is 13.9. The summed E-state index contributed by atoms with van der Waals surface area (Å²) in [6, 6.07) is 28.4. The van der Waals surface area contributed by atoms with E-state index in [1.165, 1.54) is 0 Å². The van der Waals surface area contributed by atoms with Crippen LogP contribution in [0.2, 0.25) is 0 Å². The van der Waals surface area contributed by atoms with Crippen LogP contribution in [0.5, 0.6) is 11.5 Å². The number of aliphatic hydroxyl groups is 2. The Kier molecular flexibility index (Phi) is 17.2. The molecule has 366 valence electrons. The number of unbranched alkanes of at least 4 members (excludes halogenated alkanes) is 2. The number of rotatable bonds is 22. The summed E-state index contributed by atoms with van der Waals surface area (Å²) in [5.41, 5.74) is 4.19. The second kappa shape index (κ2) is 24.0. The standard InChI is InChI=1S/C56H67N3O10/c1-3-5-32-65-55(63)59(38-42-23-17-22-40-20-9-10-24-44(40)42)50-36-48(58-69-51-26-13-16-33-64-51)46-34-41(21-11-14-29-60)45(25-12-15-30-61)52-47-35-43(67-54(62)57-37-39-18-7-6-8-19-39)27-28-49(47)68-56(50,53(46)52)66-31-4-2/h3-4,6-10,17-20,22-24,27-28,34-35,41,45,50-53,60-61H,1-2,5,11-16,21,25-26,29-33,36-38H2,(H,57,62). The van der Waals surface area contributed by atoms with E-state index in [4.69, 9.17) is 33.7 Å². The average molecular weight is 942 g/mol. The number of hydrogen-bond donors (Lipinski definition) is 3. The summed E-state index contributed by atoms with van der Waals surface area (Å²) in [4.78, 5) is 36.5. The number of carbonyl (C=O) groups is 2. The van der Waals surface area contributed by atoms with Crippen LogP contribution in [0, 0.1) is 17.8 Å². The summed E-state index contributed by atoms with van der Waals surface area (Å²) in [5.74, 6) is -1.66. The highest BCUT2D eigenvalue weighted by atomic mass is 16.8. The molecule has 4 aromatic rings. The van der Waals surface area contributed by atoms with E-state index in [0.29, 0.717) is 56.0 Å². The summed E-state index contributed by atoms with van der Waals surface area (Å²) < 4.78 is 32.8. The minimum atomic E-state index is -1.54. The van der Waals surface area contributed by atoms with Crippen molar-refractivity contribution in [3.63, 3.8) is 0 Å². The molecule has 7 atom stereocenters. The van der Waals surface area contributed by atoms with Gasteiger partial charge in [0.25, 0.3) is 0 Å². The molecule has 1 saturated heterocycles. The van der Waals surface area contributed by atoms with Crippen molar-refractivity contribution in [3.8, 4) is 11.5 Å². The summed E-state index contributed by atoms with van der Waals surface area (Å²) in [5, 5.41) is 30.0. The molecule has 1 saturated carbocycles. The number of oxime groups is 1. The van der Waals surface area contributed by atoms with Crippen molar-refractivity contribution in [2.24, 2.45) is 22.9 Å². The predicted molar refractivity (Wildman–Crippen MR) is 265 cm³/mol. The van der Waals surface area contributed by atoms with Crippen LogP contribution in [0.15, 0.2) is 133 Å². The Bertz CT molecular complexity index is 2430. The minimum Gasteiger partial charge on any atom is -0.459 e. The third kappa shape index (κ3) is 11.6. The number of benzene rings is 4. The van der Waals surface area contributed by atoms with Crippen LogP contribution in [0.3, 0.4) is 0 Å². The molecular formula is C56H67N3O10. The fourth-order valence-corrected chi connectivity index (χ4v) is 10.8. The van der Waals surface area contributed by atoms with Gasteiger partial charge in [-0.15, -0.1) is 13.2 Å². The predicted octanol–water partition coefficient (Wildman–Crippen LogP) is 10.5. The Morgan fingerprint density at radius 3 is 2.49 bits per heavy atom. The van der Waals surface area contributed by atoms with Crippen molar-refractivity contribution < 1.29 is 48.3 Å². The smallest absolute Gasteiger partial charge is 0.412 e. The van der Waals surface area contributed by atoms with Crippen LogP contribution in [-0.4, -0.2) is 84.2 Å². The molecule has 0 spiro atoms. The van der Waals surface area contributed by atoms with Crippen LogP contribution in [0.25, 0.3) is 10.8 Å². The number of carbonyl (C=O) groups excluding carboxylic acids is 2. The van der Waals surface area contributed by atoms with Crippen molar-refractivity contribution in [1.29, 1.82) is 0 Å². The van der Waals surface area contributed by atoms with E-state index < -0.39 is 36.2 Å². The first-order chi connectivity index (χ1) is 33.9. The fourth-order valence-electron chi connectivity index (χ4n) is 10.8. The Labute approximate surface area is 405 Å². The van der Waals surface area contributed by atoms with Gasteiger partial charge in [0.15, 0.2) is 0 Å². The van der Waals surface area contributed by atoms with E-state index in [2.05, 4.69) is 42.7 Å². The highest BCUT2D eigenvalue weighted by molar-refractivity contribution is 6.03. The molecule has 3 N–H and O–H groups in total. The van der Waals surface area contributed by atoms with Crippen LogP contribution < -0.4 is 14.8 Å². The van der Waals surface area contributed by atoms with Gasteiger partial charge in [-0.1, -0.05) is 109 Å². The highest BCUT2D eigenvalue weighted by Gasteiger charge is 2.66. The molecule has 13 nitrogen and oxygen atoms in total. The zero-order valence-corrected chi connectivity index (χ0v) is 39.6. The topological polar surface area (TPSA) is 158 Å². The van der Waals surface area contributed by atoms with Crippen molar-refractivity contribution in [3.05, 3.63) is 145 Å². The van der Waals surface area contributed by atoms with Gasteiger partial charge in [0, 0.05) is 44.1 Å². The zero-order chi connectivity index (χ0) is 48.0. The number of nitrogens with zero attached hydrogens (tertiary/aromatic N) is 2. The number of fused-ring (bicyclic) bond motifs is 3. The lowest BCUT2D eigenvalue weighted by Crippen LogP contribution is -2.70. The van der Waals surface area contributed by atoms with E-state index in [1.54, 1.807) is 23.1 Å². The summed E-state index contributed by atoms with van der Waals surface area (Å²) >= 11 is 0.